The molecule has 5 nitrogen and oxygen atoms in total. The molecular formula is C20H27N3O2. The smallest absolute Gasteiger partial charge is 0.272 e. The van der Waals surface area contributed by atoms with Crippen LogP contribution in [0.25, 0.3) is 0 Å². The van der Waals surface area contributed by atoms with Crippen LogP contribution in [0.1, 0.15) is 54.0 Å². The Morgan fingerprint density at radius 3 is 2.48 bits per heavy atom. The van der Waals surface area contributed by atoms with Crippen LogP contribution >= 0.6 is 0 Å². The Bertz CT molecular complexity index is 753. The van der Waals surface area contributed by atoms with Crippen molar-refractivity contribution in [1.82, 2.24) is 14.7 Å². The minimum atomic E-state index is 0.0441. The zero-order valence-corrected chi connectivity index (χ0v) is 15.7. The van der Waals surface area contributed by atoms with Gasteiger partial charge in [-0.3, -0.25) is 9.48 Å². The lowest BCUT2D eigenvalue weighted by atomic mass is 10.1. The van der Waals surface area contributed by atoms with Crippen LogP contribution in [0.3, 0.4) is 0 Å². The van der Waals surface area contributed by atoms with Crippen molar-refractivity contribution in [3.05, 3.63) is 46.8 Å². The molecule has 1 aromatic heterocycles. The molecule has 0 radical (unpaired) electrons. The van der Waals surface area contributed by atoms with Gasteiger partial charge in [0.15, 0.2) is 0 Å². The molecule has 1 amide bonds. The van der Waals surface area contributed by atoms with E-state index in [2.05, 4.69) is 44.9 Å². The molecule has 1 aliphatic rings. The summed E-state index contributed by atoms with van der Waals surface area (Å²) in [6, 6.07) is 8.07. The third-order valence-corrected chi connectivity index (χ3v) is 4.74. The molecule has 1 aromatic carbocycles. The van der Waals surface area contributed by atoms with Gasteiger partial charge in [0.2, 0.25) is 0 Å². The molecule has 2 heterocycles. The predicted molar refractivity (Wildman–Crippen MR) is 98.2 cm³/mol. The SMILES string of the molecule is CCn1nc(C(C)C)cc1C(=O)N1CC(Oc2c(C)cccc2C)C1. The number of para-hydroxylation sites is 1. The molecule has 0 saturated carbocycles. The molecule has 0 N–H and O–H groups in total. The van der Waals surface area contributed by atoms with Gasteiger partial charge < -0.3 is 9.64 Å². The van der Waals surface area contributed by atoms with Crippen molar-refractivity contribution in [1.29, 1.82) is 0 Å². The second-order valence-electron chi connectivity index (χ2n) is 7.10. The van der Waals surface area contributed by atoms with Crippen LogP contribution in [0.5, 0.6) is 5.75 Å². The highest BCUT2D eigenvalue weighted by molar-refractivity contribution is 5.93. The molecular weight excluding hydrogens is 314 g/mol. The number of ether oxygens (including phenoxy) is 1. The minimum Gasteiger partial charge on any atom is -0.486 e. The Hall–Kier alpha value is -2.30. The summed E-state index contributed by atoms with van der Waals surface area (Å²) in [7, 11) is 0. The van der Waals surface area contributed by atoms with Gasteiger partial charge in [-0.15, -0.1) is 0 Å². The molecule has 0 bridgehead atoms. The molecule has 134 valence electrons. The molecule has 0 unspecified atom stereocenters. The van der Waals surface area contributed by atoms with E-state index in [0.717, 1.165) is 22.6 Å². The molecule has 1 saturated heterocycles. The molecule has 0 aliphatic carbocycles. The van der Waals surface area contributed by atoms with Crippen molar-refractivity contribution in [2.45, 2.75) is 53.2 Å². The highest BCUT2D eigenvalue weighted by atomic mass is 16.5. The molecule has 3 rings (SSSR count). The van der Waals surface area contributed by atoms with Crippen molar-refractivity contribution < 1.29 is 9.53 Å². The summed E-state index contributed by atoms with van der Waals surface area (Å²) in [5.74, 6) is 1.30. The molecule has 0 spiro atoms. The third kappa shape index (κ3) is 3.41. The molecule has 25 heavy (non-hydrogen) atoms. The topological polar surface area (TPSA) is 47.4 Å². The second kappa shape index (κ2) is 6.90. The van der Waals surface area contributed by atoms with Gasteiger partial charge in [-0.25, -0.2) is 0 Å². The summed E-state index contributed by atoms with van der Waals surface area (Å²) < 4.78 is 7.91. The lowest BCUT2D eigenvalue weighted by Gasteiger charge is -2.39. The van der Waals surface area contributed by atoms with E-state index < -0.39 is 0 Å². The van der Waals surface area contributed by atoms with E-state index in [1.807, 2.05) is 24.0 Å². The standard InChI is InChI=1S/C20H27N3O2/c1-6-23-18(10-17(21-23)13(2)3)20(24)22-11-16(12-22)25-19-14(4)8-7-9-15(19)5/h7-10,13,16H,6,11-12H2,1-5H3. The molecule has 2 aromatic rings. The number of aryl methyl sites for hydroxylation is 3. The number of carbonyl (C=O) groups is 1. The van der Waals surface area contributed by atoms with Crippen molar-refractivity contribution in [2.24, 2.45) is 0 Å². The summed E-state index contributed by atoms with van der Waals surface area (Å²) in [4.78, 5) is 14.6. The Kier molecular flexibility index (Phi) is 4.84. The highest BCUT2D eigenvalue weighted by Crippen LogP contribution is 2.27. The number of carbonyl (C=O) groups excluding carboxylic acids is 1. The maximum atomic E-state index is 12.8. The maximum absolute atomic E-state index is 12.8. The van der Waals surface area contributed by atoms with Crippen molar-refractivity contribution in [3.8, 4) is 5.75 Å². The van der Waals surface area contributed by atoms with Crippen LogP contribution in [0.4, 0.5) is 0 Å². The van der Waals surface area contributed by atoms with Crippen LogP contribution in [0.2, 0.25) is 0 Å². The Morgan fingerprint density at radius 1 is 1.28 bits per heavy atom. The fourth-order valence-electron chi connectivity index (χ4n) is 3.12. The van der Waals surface area contributed by atoms with Gasteiger partial charge in [0.05, 0.1) is 18.8 Å². The third-order valence-electron chi connectivity index (χ3n) is 4.74. The van der Waals surface area contributed by atoms with Gasteiger partial charge >= 0.3 is 0 Å². The normalized spacial score (nSPS) is 14.7. The molecule has 1 fully saturated rings. The van der Waals surface area contributed by atoms with Crippen molar-refractivity contribution >= 4 is 5.91 Å². The van der Waals surface area contributed by atoms with E-state index in [1.165, 1.54) is 0 Å². The number of nitrogens with zero attached hydrogens (tertiary/aromatic N) is 3. The van der Waals surface area contributed by atoms with Gasteiger partial charge in [-0.2, -0.15) is 5.10 Å². The van der Waals surface area contributed by atoms with E-state index in [0.29, 0.717) is 31.2 Å². The summed E-state index contributed by atoms with van der Waals surface area (Å²) in [6.45, 7) is 12.2. The number of hydrogen-bond donors (Lipinski definition) is 0. The fourth-order valence-corrected chi connectivity index (χ4v) is 3.12. The number of hydrogen-bond acceptors (Lipinski definition) is 3. The number of rotatable bonds is 5. The largest absolute Gasteiger partial charge is 0.486 e. The van der Waals surface area contributed by atoms with Gasteiger partial charge in [0.1, 0.15) is 17.5 Å². The monoisotopic (exact) mass is 341 g/mol. The Balaban J connectivity index is 1.66. The number of benzene rings is 1. The van der Waals surface area contributed by atoms with E-state index >= 15 is 0 Å². The average Bonchev–Trinajstić information content (AvgIpc) is 2.96. The van der Waals surface area contributed by atoms with Crippen molar-refractivity contribution in [3.63, 3.8) is 0 Å². The average molecular weight is 341 g/mol. The van der Waals surface area contributed by atoms with Crippen LogP contribution in [0.15, 0.2) is 24.3 Å². The zero-order chi connectivity index (χ0) is 18.1. The van der Waals surface area contributed by atoms with Crippen LogP contribution < -0.4 is 4.74 Å². The summed E-state index contributed by atoms with van der Waals surface area (Å²) in [6.07, 6.45) is 0.0614. The number of aromatic nitrogens is 2. The van der Waals surface area contributed by atoms with E-state index in [9.17, 15) is 4.79 Å². The van der Waals surface area contributed by atoms with Gasteiger partial charge in [0, 0.05) is 6.54 Å². The van der Waals surface area contributed by atoms with Crippen LogP contribution in [-0.2, 0) is 6.54 Å². The van der Waals surface area contributed by atoms with Crippen LogP contribution in [0, 0.1) is 13.8 Å². The van der Waals surface area contributed by atoms with Crippen LogP contribution in [-0.4, -0.2) is 39.8 Å². The zero-order valence-electron chi connectivity index (χ0n) is 15.7. The van der Waals surface area contributed by atoms with Gasteiger partial charge in [-0.05, 0) is 43.9 Å². The number of likely N-dealkylation sites (tertiary alicyclic amines) is 1. The maximum Gasteiger partial charge on any atom is 0.272 e. The fraction of sp³-hybridized carbons (Fsp3) is 0.500. The molecule has 1 aliphatic heterocycles. The Morgan fingerprint density at radius 2 is 1.92 bits per heavy atom. The second-order valence-corrected chi connectivity index (χ2v) is 7.10. The lowest BCUT2D eigenvalue weighted by molar-refractivity contribution is 0.0164. The van der Waals surface area contributed by atoms with Gasteiger partial charge in [-0.1, -0.05) is 32.0 Å². The quantitative estimate of drug-likeness (QED) is 0.835. The first kappa shape index (κ1) is 17.5. The Labute approximate surface area is 149 Å². The minimum absolute atomic E-state index is 0.0441. The lowest BCUT2D eigenvalue weighted by Crippen LogP contribution is -2.56. The van der Waals surface area contributed by atoms with E-state index in [1.54, 1.807) is 4.68 Å². The predicted octanol–water partition coefficient (Wildman–Crippen LogP) is 3.55. The van der Waals surface area contributed by atoms with E-state index in [4.69, 9.17) is 4.74 Å². The summed E-state index contributed by atoms with van der Waals surface area (Å²) in [5, 5.41) is 4.54. The first-order chi connectivity index (χ1) is 11.9. The van der Waals surface area contributed by atoms with Crippen molar-refractivity contribution in [2.75, 3.05) is 13.1 Å². The van der Waals surface area contributed by atoms with E-state index in [-0.39, 0.29) is 12.0 Å². The number of amides is 1. The van der Waals surface area contributed by atoms with Gasteiger partial charge in [0.25, 0.3) is 5.91 Å². The first-order valence-electron chi connectivity index (χ1n) is 9.00. The first-order valence-corrected chi connectivity index (χ1v) is 9.00. The summed E-state index contributed by atoms with van der Waals surface area (Å²) >= 11 is 0. The molecule has 5 heteroatoms. The molecule has 0 atom stereocenters. The summed E-state index contributed by atoms with van der Waals surface area (Å²) in [5.41, 5.74) is 3.91. The highest BCUT2D eigenvalue weighted by Gasteiger charge is 2.35.